The number of ketones is 1. The highest BCUT2D eigenvalue weighted by Gasteiger charge is 2.36. The first-order valence-electron chi connectivity index (χ1n) is 3.44. The highest BCUT2D eigenvalue weighted by Crippen LogP contribution is 2.15. The van der Waals surface area contributed by atoms with Crippen LogP contribution in [0.2, 0.25) is 0 Å². The van der Waals surface area contributed by atoms with E-state index in [1.165, 1.54) is 12.1 Å². The van der Waals surface area contributed by atoms with Crippen LogP contribution in [0.5, 0.6) is 0 Å². The molecule has 1 aliphatic heterocycles. The number of rotatable bonds is 0. The molecule has 0 radical (unpaired) electrons. The second-order valence-electron chi connectivity index (χ2n) is 2.53. The van der Waals surface area contributed by atoms with E-state index in [0.29, 0.717) is 0 Å². The largest absolute Gasteiger partial charge is 0.621 e. The molecular weight excluding hydrogens is 158 g/mol. The van der Waals surface area contributed by atoms with Crippen LogP contribution in [-0.2, 0) is 4.79 Å². The van der Waals surface area contributed by atoms with Crippen LogP contribution >= 0.6 is 0 Å². The molecule has 1 unspecified atom stereocenters. The van der Waals surface area contributed by atoms with Gasteiger partial charge < -0.3 is 5.21 Å². The summed E-state index contributed by atoms with van der Waals surface area (Å²) in [5.41, 5.74) is 0.458. The predicted octanol–water partition coefficient (Wildman–Crippen LogP) is -0.576. The fourth-order valence-corrected chi connectivity index (χ4v) is 1.23. The van der Waals surface area contributed by atoms with Gasteiger partial charge in [-0.25, -0.2) is 4.79 Å². The molecule has 1 aliphatic rings. The summed E-state index contributed by atoms with van der Waals surface area (Å²) in [5.74, 6) is -1.60. The molecular formula is C8H5NO3. The van der Waals surface area contributed by atoms with Gasteiger partial charge in [0.2, 0.25) is 0 Å². The molecule has 2 rings (SSSR count). The molecule has 0 bridgehead atoms. The van der Waals surface area contributed by atoms with Crippen LogP contribution in [0.15, 0.2) is 24.3 Å². The minimum Gasteiger partial charge on any atom is -0.621 e. The summed E-state index contributed by atoms with van der Waals surface area (Å²) in [7, 11) is 0. The van der Waals surface area contributed by atoms with Crippen molar-refractivity contribution in [1.29, 1.82) is 0 Å². The Morgan fingerprint density at radius 3 is 2.50 bits per heavy atom. The Kier molecular flexibility index (Phi) is 1.33. The second-order valence-corrected chi connectivity index (χ2v) is 2.53. The molecule has 0 spiro atoms. The number of carbonyl (C=O) groups is 2. The highest BCUT2D eigenvalue weighted by atomic mass is 16.5. The van der Waals surface area contributed by atoms with E-state index in [2.05, 4.69) is 0 Å². The number of benzene rings is 1. The van der Waals surface area contributed by atoms with Crippen LogP contribution < -0.4 is 5.06 Å². The lowest BCUT2D eigenvalue weighted by Gasteiger charge is -2.10. The quantitative estimate of drug-likeness (QED) is 0.411. The minimum atomic E-state index is -0.920. The zero-order chi connectivity index (χ0) is 8.72. The third kappa shape index (κ3) is 0.731. The predicted molar refractivity (Wildman–Crippen MR) is 39.8 cm³/mol. The fraction of sp³-hybridized carbons (Fsp3) is 0. The van der Waals surface area contributed by atoms with Gasteiger partial charge in [0, 0.05) is 6.07 Å². The number of carbonyl (C=O) groups excluding carboxylic acids is 2. The highest BCUT2D eigenvalue weighted by molar-refractivity contribution is 6.43. The van der Waals surface area contributed by atoms with Gasteiger partial charge in [0.15, 0.2) is 5.69 Å². The molecule has 0 saturated carbocycles. The Labute approximate surface area is 68.0 Å². The average Bonchev–Trinajstić information content (AvgIpc) is 2.33. The number of hydrogen-bond donors (Lipinski definition) is 1. The van der Waals surface area contributed by atoms with E-state index in [1.54, 1.807) is 12.1 Å². The van der Waals surface area contributed by atoms with Crippen molar-refractivity contribution < 1.29 is 14.7 Å². The number of para-hydroxylation sites is 1. The van der Waals surface area contributed by atoms with E-state index in [-0.39, 0.29) is 11.3 Å². The van der Waals surface area contributed by atoms with E-state index in [9.17, 15) is 14.8 Å². The summed E-state index contributed by atoms with van der Waals surface area (Å²) < 4.78 is 0. The van der Waals surface area contributed by atoms with Gasteiger partial charge in [0.05, 0.1) is 5.56 Å². The van der Waals surface area contributed by atoms with Crippen LogP contribution in [-0.4, -0.2) is 11.7 Å². The first kappa shape index (κ1) is 7.15. The van der Waals surface area contributed by atoms with Crippen LogP contribution in [0.1, 0.15) is 10.4 Å². The molecule has 1 heterocycles. The van der Waals surface area contributed by atoms with Crippen LogP contribution in [0, 0.1) is 5.21 Å². The Morgan fingerprint density at radius 2 is 1.83 bits per heavy atom. The third-order valence-corrected chi connectivity index (χ3v) is 1.83. The van der Waals surface area contributed by atoms with Crippen molar-refractivity contribution >= 4 is 17.4 Å². The van der Waals surface area contributed by atoms with Crippen molar-refractivity contribution in [2.24, 2.45) is 0 Å². The number of nitrogens with one attached hydrogen (secondary N) is 1. The monoisotopic (exact) mass is 163 g/mol. The van der Waals surface area contributed by atoms with E-state index in [4.69, 9.17) is 0 Å². The topological polar surface area (TPSA) is 61.6 Å². The summed E-state index contributed by atoms with van der Waals surface area (Å²) in [6.45, 7) is 0. The van der Waals surface area contributed by atoms with Crippen molar-refractivity contribution in [2.45, 2.75) is 0 Å². The number of Topliss-reactive ketones (excluding diaryl/α,β-unsaturated/α-hetero) is 1. The Hall–Kier alpha value is -1.52. The van der Waals surface area contributed by atoms with Crippen molar-refractivity contribution in [2.75, 3.05) is 0 Å². The van der Waals surface area contributed by atoms with Gasteiger partial charge in [0.25, 0.3) is 5.78 Å². The Balaban J connectivity index is 2.67. The first-order chi connectivity index (χ1) is 5.72. The average molecular weight is 163 g/mol. The molecule has 60 valence electrons. The fourth-order valence-electron chi connectivity index (χ4n) is 1.23. The SMILES string of the molecule is O=C1C(=O)[NH+]([O-])c2ccccc21. The van der Waals surface area contributed by atoms with E-state index >= 15 is 0 Å². The van der Waals surface area contributed by atoms with Gasteiger partial charge in [-0.1, -0.05) is 12.1 Å². The Morgan fingerprint density at radius 1 is 1.17 bits per heavy atom. The van der Waals surface area contributed by atoms with E-state index < -0.39 is 16.8 Å². The molecule has 1 aromatic rings. The number of hydrogen-bond acceptors (Lipinski definition) is 3. The maximum absolute atomic E-state index is 11.0. The Bertz CT molecular complexity index is 372. The zero-order valence-corrected chi connectivity index (χ0v) is 6.03. The summed E-state index contributed by atoms with van der Waals surface area (Å²) >= 11 is 0. The van der Waals surface area contributed by atoms with Crippen LogP contribution in [0.25, 0.3) is 0 Å². The summed E-state index contributed by atoms with van der Waals surface area (Å²) in [6.07, 6.45) is 0. The molecule has 1 atom stereocenters. The van der Waals surface area contributed by atoms with Crippen molar-refractivity contribution in [1.82, 2.24) is 0 Å². The second kappa shape index (κ2) is 2.23. The lowest BCUT2D eigenvalue weighted by Crippen LogP contribution is -3.04. The molecule has 0 aromatic heterocycles. The van der Waals surface area contributed by atoms with Crippen molar-refractivity contribution in [3.05, 3.63) is 35.0 Å². The normalized spacial score (nSPS) is 21.2. The van der Waals surface area contributed by atoms with Gasteiger partial charge in [-0.05, 0) is 6.07 Å². The zero-order valence-electron chi connectivity index (χ0n) is 6.03. The summed E-state index contributed by atoms with van der Waals surface area (Å²) in [6, 6.07) is 6.23. The molecule has 1 N–H and O–H groups in total. The van der Waals surface area contributed by atoms with Crippen molar-refractivity contribution in [3.63, 3.8) is 0 Å². The number of amides is 1. The standard InChI is InChI=1S/C8H5NO3/c10-7-5-3-1-2-4-6(5)9(12)8(7)11/h1-4,9H. The van der Waals surface area contributed by atoms with Crippen molar-refractivity contribution in [3.8, 4) is 0 Å². The maximum Gasteiger partial charge on any atom is 0.390 e. The van der Waals surface area contributed by atoms with Crippen LogP contribution in [0.3, 0.4) is 0 Å². The number of quaternary nitrogens is 1. The molecule has 1 amide bonds. The number of hydroxylamine groups is 1. The van der Waals surface area contributed by atoms with Gasteiger partial charge in [0.1, 0.15) is 0 Å². The molecule has 4 nitrogen and oxygen atoms in total. The molecule has 4 heteroatoms. The molecule has 0 aliphatic carbocycles. The summed E-state index contributed by atoms with van der Waals surface area (Å²) in [5, 5.41) is 10.4. The lowest BCUT2D eigenvalue weighted by atomic mass is 10.1. The van der Waals surface area contributed by atoms with Gasteiger partial charge >= 0.3 is 5.91 Å². The van der Waals surface area contributed by atoms with E-state index in [1.807, 2.05) is 0 Å². The maximum atomic E-state index is 11.0. The number of fused-ring (bicyclic) bond motifs is 1. The molecule has 12 heavy (non-hydrogen) atoms. The molecule has 0 fully saturated rings. The minimum absolute atomic E-state index is 0.229. The van der Waals surface area contributed by atoms with Gasteiger partial charge in [-0.2, -0.15) is 0 Å². The van der Waals surface area contributed by atoms with E-state index in [0.717, 1.165) is 0 Å². The first-order valence-corrected chi connectivity index (χ1v) is 3.44. The molecule has 0 saturated heterocycles. The molecule has 1 aromatic carbocycles. The summed E-state index contributed by atoms with van der Waals surface area (Å²) in [4.78, 5) is 21.9. The van der Waals surface area contributed by atoms with Gasteiger partial charge in [-0.3, -0.25) is 9.86 Å². The van der Waals surface area contributed by atoms with Crippen LogP contribution in [0.4, 0.5) is 5.69 Å². The van der Waals surface area contributed by atoms with Gasteiger partial charge in [-0.15, -0.1) is 0 Å². The smallest absolute Gasteiger partial charge is 0.390 e. The lowest BCUT2D eigenvalue weighted by molar-refractivity contribution is -0.680. The third-order valence-electron chi connectivity index (χ3n) is 1.83.